The Labute approximate surface area is 94.7 Å². The maximum absolute atomic E-state index is 9.05. The Bertz CT molecular complexity index is 115. The summed E-state index contributed by atoms with van der Waals surface area (Å²) in [5.41, 5.74) is 0. The van der Waals surface area contributed by atoms with Crippen LogP contribution in [0.5, 0.6) is 0 Å². The fraction of sp³-hybridized carbons (Fsp3) is 0.923. The highest BCUT2D eigenvalue weighted by molar-refractivity contribution is 4.73. The van der Waals surface area contributed by atoms with Crippen molar-refractivity contribution < 1.29 is 10.2 Å². The number of hydrogen-bond donors (Lipinski definition) is 2. The van der Waals surface area contributed by atoms with Gasteiger partial charge < -0.3 is 10.2 Å². The third kappa shape index (κ3) is 11.8. The van der Waals surface area contributed by atoms with Crippen LogP contribution in [0.2, 0.25) is 0 Å². The van der Waals surface area contributed by atoms with Crippen LogP contribution in [0.1, 0.15) is 64.7 Å². The minimum Gasteiger partial charge on any atom is -0.394 e. The van der Waals surface area contributed by atoms with Crippen molar-refractivity contribution in [3.8, 4) is 0 Å². The quantitative estimate of drug-likeness (QED) is 0.520. The molecule has 0 saturated carbocycles. The molecular weight excluding hydrogens is 188 g/mol. The Kier molecular flexibility index (Phi) is 11.9. The van der Waals surface area contributed by atoms with Gasteiger partial charge in [0.2, 0.25) is 0 Å². The Morgan fingerprint density at radius 1 is 0.933 bits per heavy atom. The molecule has 1 radical (unpaired) electrons. The van der Waals surface area contributed by atoms with Gasteiger partial charge in [0.1, 0.15) is 0 Å². The third-order valence-corrected chi connectivity index (χ3v) is 2.68. The van der Waals surface area contributed by atoms with Gasteiger partial charge in [-0.25, -0.2) is 0 Å². The lowest BCUT2D eigenvalue weighted by Crippen LogP contribution is -2.11. The van der Waals surface area contributed by atoms with Crippen molar-refractivity contribution in [3.05, 3.63) is 6.42 Å². The molecule has 2 heteroatoms. The van der Waals surface area contributed by atoms with Gasteiger partial charge in [-0.1, -0.05) is 58.3 Å². The molecule has 91 valence electrons. The van der Waals surface area contributed by atoms with Crippen molar-refractivity contribution in [2.75, 3.05) is 6.61 Å². The number of aliphatic hydroxyl groups is 2. The van der Waals surface area contributed by atoms with E-state index in [9.17, 15) is 0 Å². The molecule has 0 bridgehead atoms. The van der Waals surface area contributed by atoms with Crippen molar-refractivity contribution in [1.29, 1.82) is 0 Å². The van der Waals surface area contributed by atoms with Gasteiger partial charge in [0.05, 0.1) is 12.7 Å². The second kappa shape index (κ2) is 12.0. The van der Waals surface area contributed by atoms with Crippen molar-refractivity contribution in [3.63, 3.8) is 0 Å². The van der Waals surface area contributed by atoms with E-state index in [1.807, 2.05) is 0 Å². The van der Waals surface area contributed by atoms with E-state index in [1.165, 1.54) is 44.9 Å². The Morgan fingerprint density at radius 3 is 2.00 bits per heavy atom. The number of rotatable bonds is 11. The van der Waals surface area contributed by atoms with Crippen LogP contribution in [0.25, 0.3) is 0 Å². The van der Waals surface area contributed by atoms with Gasteiger partial charge in [0, 0.05) is 0 Å². The summed E-state index contributed by atoms with van der Waals surface area (Å²) in [5.74, 6) is 0. The van der Waals surface area contributed by atoms with Gasteiger partial charge in [-0.05, 0) is 12.8 Å². The lowest BCUT2D eigenvalue weighted by molar-refractivity contribution is 0.116. The van der Waals surface area contributed by atoms with Crippen LogP contribution in [0, 0.1) is 6.42 Å². The summed E-state index contributed by atoms with van der Waals surface area (Å²) < 4.78 is 0. The minimum atomic E-state index is -0.616. The predicted octanol–water partition coefficient (Wildman–Crippen LogP) is 3.07. The maximum Gasteiger partial charge on any atom is 0.0802 e. The van der Waals surface area contributed by atoms with Crippen LogP contribution in [-0.4, -0.2) is 22.9 Å². The monoisotopic (exact) mass is 215 g/mol. The van der Waals surface area contributed by atoms with E-state index in [1.54, 1.807) is 6.42 Å². The van der Waals surface area contributed by atoms with Gasteiger partial charge in [-0.2, -0.15) is 0 Å². The Hall–Kier alpha value is -0.0800. The van der Waals surface area contributed by atoms with Crippen molar-refractivity contribution in [2.45, 2.75) is 70.8 Å². The van der Waals surface area contributed by atoms with Gasteiger partial charge in [0.25, 0.3) is 0 Å². The van der Waals surface area contributed by atoms with Gasteiger partial charge in [-0.15, -0.1) is 0 Å². The summed E-state index contributed by atoms with van der Waals surface area (Å²) in [6, 6.07) is 0. The zero-order valence-electron chi connectivity index (χ0n) is 10.1. The van der Waals surface area contributed by atoms with Crippen molar-refractivity contribution in [2.24, 2.45) is 0 Å². The smallest absolute Gasteiger partial charge is 0.0802 e. The first kappa shape index (κ1) is 14.9. The highest BCUT2D eigenvalue weighted by Gasteiger charge is 2.00. The highest BCUT2D eigenvalue weighted by Crippen LogP contribution is 2.10. The molecule has 15 heavy (non-hydrogen) atoms. The molecule has 0 aromatic rings. The fourth-order valence-corrected chi connectivity index (χ4v) is 1.66. The maximum atomic E-state index is 9.05. The molecule has 0 aliphatic heterocycles. The van der Waals surface area contributed by atoms with Crippen LogP contribution < -0.4 is 0 Å². The molecule has 2 N–H and O–H groups in total. The molecular formula is C13H27O2. The topological polar surface area (TPSA) is 40.5 Å². The molecule has 1 atom stereocenters. The first-order chi connectivity index (χ1) is 7.31. The lowest BCUT2D eigenvalue weighted by atomic mass is 10.1. The van der Waals surface area contributed by atoms with E-state index in [4.69, 9.17) is 10.2 Å². The molecule has 2 nitrogen and oxygen atoms in total. The van der Waals surface area contributed by atoms with Crippen LogP contribution in [0.3, 0.4) is 0 Å². The van der Waals surface area contributed by atoms with E-state index in [-0.39, 0.29) is 6.61 Å². The third-order valence-electron chi connectivity index (χ3n) is 2.68. The number of hydrogen-bond acceptors (Lipinski definition) is 2. The molecule has 0 heterocycles. The first-order valence-corrected chi connectivity index (χ1v) is 6.43. The van der Waals surface area contributed by atoms with E-state index >= 15 is 0 Å². The van der Waals surface area contributed by atoms with Gasteiger partial charge in [-0.3, -0.25) is 0 Å². The second-order valence-corrected chi connectivity index (χ2v) is 4.25. The van der Waals surface area contributed by atoms with Crippen LogP contribution >= 0.6 is 0 Å². The van der Waals surface area contributed by atoms with Crippen LogP contribution in [0.15, 0.2) is 0 Å². The molecule has 0 aromatic carbocycles. The molecule has 0 rings (SSSR count). The number of aliphatic hydroxyl groups excluding tert-OH is 2. The van der Waals surface area contributed by atoms with E-state index in [0.29, 0.717) is 0 Å². The van der Waals surface area contributed by atoms with Crippen LogP contribution in [-0.2, 0) is 0 Å². The van der Waals surface area contributed by atoms with Gasteiger partial charge >= 0.3 is 0 Å². The fourth-order valence-electron chi connectivity index (χ4n) is 1.66. The predicted molar refractivity (Wildman–Crippen MR) is 64.6 cm³/mol. The summed E-state index contributed by atoms with van der Waals surface area (Å²) in [4.78, 5) is 0. The molecule has 1 unspecified atom stereocenters. The average Bonchev–Trinajstić information content (AvgIpc) is 2.26. The minimum absolute atomic E-state index is 0.142. The molecule has 0 spiro atoms. The summed E-state index contributed by atoms with van der Waals surface area (Å²) in [5, 5.41) is 17.6. The summed E-state index contributed by atoms with van der Waals surface area (Å²) in [7, 11) is 0. The standard InChI is InChI=1S/C13H27O2/c1-2-3-4-5-6-7-8-9-10-11-13(15)12-14/h11,13-15H,2-10,12H2,1H3. The lowest BCUT2D eigenvalue weighted by Gasteiger charge is -2.05. The number of unbranched alkanes of at least 4 members (excludes halogenated alkanes) is 8. The Morgan fingerprint density at radius 2 is 1.47 bits per heavy atom. The first-order valence-electron chi connectivity index (χ1n) is 6.43. The van der Waals surface area contributed by atoms with Crippen molar-refractivity contribution >= 4 is 0 Å². The molecule has 0 aromatic heterocycles. The zero-order chi connectivity index (χ0) is 11.4. The SMILES string of the molecule is CCCCCCCCCC[CH]C(O)CO. The van der Waals surface area contributed by atoms with E-state index in [2.05, 4.69) is 6.92 Å². The Balaban J connectivity index is 2.92. The summed E-state index contributed by atoms with van der Waals surface area (Å²) >= 11 is 0. The molecule has 0 saturated heterocycles. The molecule has 0 amide bonds. The van der Waals surface area contributed by atoms with Gasteiger partial charge in [0.15, 0.2) is 0 Å². The normalized spacial score (nSPS) is 13.0. The molecule has 0 aliphatic rings. The average molecular weight is 215 g/mol. The van der Waals surface area contributed by atoms with Crippen molar-refractivity contribution in [1.82, 2.24) is 0 Å². The second-order valence-electron chi connectivity index (χ2n) is 4.25. The highest BCUT2D eigenvalue weighted by atomic mass is 16.3. The summed E-state index contributed by atoms with van der Waals surface area (Å²) in [6.07, 6.45) is 12.6. The summed E-state index contributed by atoms with van der Waals surface area (Å²) in [6.45, 7) is 2.10. The molecule has 0 aliphatic carbocycles. The zero-order valence-corrected chi connectivity index (χ0v) is 10.1. The largest absolute Gasteiger partial charge is 0.394 e. The van der Waals surface area contributed by atoms with Crippen LogP contribution in [0.4, 0.5) is 0 Å². The van der Waals surface area contributed by atoms with E-state index in [0.717, 1.165) is 12.8 Å². The molecule has 0 fully saturated rings. The van der Waals surface area contributed by atoms with E-state index < -0.39 is 6.10 Å².